The number of hydrogen-bond acceptors (Lipinski definition) is 7. The van der Waals surface area contributed by atoms with E-state index in [-0.39, 0.29) is 17.2 Å². The van der Waals surface area contributed by atoms with Crippen LogP contribution in [0, 0.1) is 0 Å². The minimum Gasteiger partial charge on any atom is -0.410 e. The maximum Gasteiger partial charge on any atom is 0.412 e. The number of fused-ring (bicyclic) bond motifs is 1. The number of nitrogens with one attached hydrogen (secondary N) is 2. The van der Waals surface area contributed by atoms with Crippen molar-refractivity contribution in [3.05, 3.63) is 59.0 Å². The number of benzene rings is 2. The molecule has 0 bridgehead atoms. The van der Waals surface area contributed by atoms with E-state index < -0.39 is 16.1 Å². The molecular weight excluding hydrogens is 512 g/mol. The Morgan fingerprint density at radius 1 is 1.14 bits per heavy atom. The number of nitrogens with zero attached hydrogens (tertiary/aromatic N) is 2. The van der Waals surface area contributed by atoms with Gasteiger partial charge in [-0.15, -0.1) is 11.3 Å². The van der Waals surface area contributed by atoms with E-state index in [1.807, 2.05) is 31.4 Å². The number of rotatable bonds is 11. The third kappa shape index (κ3) is 6.54. The van der Waals surface area contributed by atoms with E-state index in [1.165, 1.54) is 15.6 Å². The van der Waals surface area contributed by atoms with Gasteiger partial charge in [0.05, 0.1) is 10.6 Å². The Morgan fingerprint density at radius 3 is 2.57 bits per heavy atom. The number of thiazole rings is 1. The highest BCUT2D eigenvalue weighted by Crippen LogP contribution is 2.30. The molecule has 0 atom stereocenters. The number of carbonyl (C=O) groups is 2. The summed E-state index contributed by atoms with van der Waals surface area (Å²) in [4.78, 5) is 28.6. The second-order valence-electron chi connectivity index (χ2n) is 8.70. The summed E-state index contributed by atoms with van der Waals surface area (Å²) < 4.78 is 32.5. The van der Waals surface area contributed by atoms with Crippen LogP contribution in [0.15, 0.2) is 52.7 Å². The lowest BCUT2D eigenvalue weighted by molar-refractivity contribution is -0.116. The fourth-order valence-corrected chi connectivity index (χ4v) is 6.37. The molecule has 0 fully saturated rings. The van der Waals surface area contributed by atoms with Crippen LogP contribution in [0.25, 0.3) is 11.3 Å². The molecule has 1 aliphatic heterocycles. The molecule has 0 aliphatic carbocycles. The zero-order valence-electron chi connectivity index (χ0n) is 20.8. The van der Waals surface area contributed by atoms with Gasteiger partial charge in [-0.1, -0.05) is 26.0 Å². The molecule has 0 saturated heterocycles. The maximum atomic E-state index is 12.9. The van der Waals surface area contributed by atoms with E-state index in [0.717, 1.165) is 35.2 Å². The number of aromatic nitrogens is 1. The van der Waals surface area contributed by atoms with Crippen LogP contribution in [0.2, 0.25) is 0 Å². The molecule has 0 saturated carbocycles. The molecule has 196 valence electrons. The zero-order valence-corrected chi connectivity index (χ0v) is 22.5. The summed E-state index contributed by atoms with van der Waals surface area (Å²) >= 11 is 1.33. The van der Waals surface area contributed by atoms with Crippen LogP contribution in [0.1, 0.15) is 44.2 Å². The number of hydrogen-bond donors (Lipinski definition) is 2. The molecule has 1 aliphatic rings. The largest absolute Gasteiger partial charge is 0.412 e. The van der Waals surface area contributed by atoms with E-state index in [2.05, 4.69) is 15.6 Å². The first-order valence-corrected chi connectivity index (χ1v) is 14.6. The molecule has 37 heavy (non-hydrogen) atoms. The summed E-state index contributed by atoms with van der Waals surface area (Å²) in [7, 11) is -3.52. The van der Waals surface area contributed by atoms with E-state index in [1.54, 1.807) is 30.3 Å². The molecule has 0 spiro atoms. The first-order chi connectivity index (χ1) is 17.8. The predicted molar refractivity (Wildman–Crippen MR) is 143 cm³/mol. The van der Waals surface area contributed by atoms with Crippen LogP contribution < -0.4 is 15.4 Å². The van der Waals surface area contributed by atoms with Gasteiger partial charge in [-0.25, -0.2) is 18.2 Å². The number of sulfonamides is 1. The third-order valence-corrected chi connectivity index (χ3v) is 8.55. The number of aryl methyl sites for hydroxylation is 1. The smallest absolute Gasteiger partial charge is 0.410 e. The predicted octanol–water partition coefficient (Wildman–Crippen LogP) is 4.79. The van der Waals surface area contributed by atoms with Gasteiger partial charge in [0, 0.05) is 42.6 Å². The lowest BCUT2D eigenvalue weighted by Crippen LogP contribution is -2.32. The molecule has 0 unspecified atom stereocenters. The minimum atomic E-state index is -3.52. The lowest BCUT2D eigenvalue weighted by Gasteiger charge is -2.21. The standard InChI is InChI=1S/C26H30N4O5S2/c1-3-13-30(14-4-2)37(33,34)21-9-5-18(6-10-21)7-12-24(31)29-25-28-22(17-36-25)19-8-11-23-20(15-19)16-27-26(32)35-23/h5-6,8-11,15,17H,3-4,7,12-14,16H2,1-2H3,(H,27,32)(H,28,29,31). The number of carbonyl (C=O) groups excluding carboxylic acids is 2. The molecule has 3 aromatic rings. The summed E-state index contributed by atoms with van der Waals surface area (Å²) in [5.41, 5.74) is 3.33. The topological polar surface area (TPSA) is 118 Å². The number of anilines is 1. The first kappa shape index (κ1) is 26.8. The summed E-state index contributed by atoms with van der Waals surface area (Å²) in [6, 6.07) is 12.2. The van der Waals surface area contributed by atoms with Gasteiger partial charge in [0.1, 0.15) is 5.75 Å². The van der Waals surface area contributed by atoms with Gasteiger partial charge in [0.15, 0.2) is 5.13 Å². The van der Waals surface area contributed by atoms with Gasteiger partial charge in [0.2, 0.25) is 15.9 Å². The Hall–Kier alpha value is -3.28. The normalized spacial score (nSPS) is 13.1. The fourth-order valence-electron chi connectivity index (χ4n) is 4.01. The van der Waals surface area contributed by atoms with Crippen LogP contribution >= 0.6 is 11.3 Å². The number of amides is 2. The van der Waals surface area contributed by atoms with Crippen molar-refractivity contribution in [2.24, 2.45) is 0 Å². The van der Waals surface area contributed by atoms with Crippen molar-refractivity contribution in [2.45, 2.75) is 51.0 Å². The van der Waals surface area contributed by atoms with Crippen molar-refractivity contribution in [1.82, 2.24) is 14.6 Å². The van der Waals surface area contributed by atoms with Crippen LogP contribution in [0.3, 0.4) is 0 Å². The van der Waals surface area contributed by atoms with Gasteiger partial charge in [-0.3, -0.25) is 4.79 Å². The zero-order chi connectivity index (χ0) is 26.4. The van der Waals surface area contributed by atoms with Crippen LogP contribution in [0.4, 0.5) is 9.93 Å². The summed E-state index contributed by atoms with van der Waals surface area (Å²) in [5.74, 6) is 0.359. The summed E-state index contributed by atoms with van der Waals surface area (Å²) in [6.07, 6.45) is 1.78. The second kappa shape index (κ2) is 11.8. The van der Waals surface area contributed by atoms with Crippen molar-refractivity contribution in [2.75, 3.05) is 18.4 Å². The monoisotopic (exact) mass is 542 g/mol. The summed E-state index contributed by atoms with van der Waals surface area (Å²) in [5, 5.41) is 7.82. The summed E-state index contributed by atoms with van der Waals surface area (Å²) in [6.45, 7) is 5.30. The minimum absolute atomic E-state index is 0.170. The lowest BCUT2D eigenvalue weighted by atomic mass is 10.1. The van der Waals surface area contributed by atoms with E-state index >= 15 is 0 Å². The van der Waals surface area contributed by atoms with Crippen molar-refractivity contribution in [3.8, 4) is 17.0 Å². The highest BCUT2D eigenvalue weighted by molar-refractivity contribution is 7.89. The third-order valence-electron chi connectivity index (χ3n) is 5.88. The maximum absolute atomic E-state index is 12.9. The van der Waals surface area contributed by atoms with Crippen molar-refractivity contribution in [1.29, 1.82) is 0 Å². The SMILES string of the molecule is CCCN(CCC)S(=O)(=O)c1ccc(CCC(=O)Nc2nc(-c3ccc4c(c3)CNC(=O)O4)cs2)cc1. The van der Waals surface area contributed by atoms with Crippen LogP contribution in [-0.2, 0) is 27.8 Å². The quantitative estimate of drug-likeness (QED) is 0.360. The first-order valence-electron chi connectivity index (χ1n) is 12.2. The van der Waals surface area contributed by atoms with Crippen LogP contribution in [-0.4, -0.2) is 42.8 Å². The highest BCUT2D eigenvalue weighted by atomic mass is 32.2. The molecule has 4 rings (SSSR count). The molecule has 1 aromatic heterocycles. The van der Waals surface area contributed by atoms with Crippen molar-refractivity contribution in [3.63, 3.8) is 0 Å². The van der Waals surface area contributed by atoms with Gasteiger partial charge >= 0.3 is 6.09 Å². The fraction of sp³-hybridized carbons (Fsp3) is 0.346. The van der Waals surface area contributed by atoms with E-state index in [4.69, 9.17) is 4.74 Å². The Bertz CT molecular complexity index is 1360. The van der Waals surface area contributed by atoms with Crippen molar-refractivity contribution < 1.29 is 22.7 Å². The van der Waals surface area contributed by atoms with Gasteiger partial charge < -0.3 is 15.4 Å². The van der Waals surface area contributed by atoms with E-state index in [9.17, 15) is 18.0 Å². The average Bonchev–Trinajstić information content (AvgIpc) is 3.35. The average molecular weight is 543 g/mol. The molecule has 2 N–H and O–H groups in total. The van der Waals surface area contributed by atoms with Crippen LogP contribution in [0.5, 0.6) is 5.75 Å². The molecule has 2 amide bonds. The molecule has 9 nitrogen and oxygen atoms in total. The van der Waals surface area contributed by atoms with Gasteiger partial charge in [-0.2, -0.15) is 4.31 Å². The molecule has 0 radical (unpaired) electrons. The molecule has 2 aromatic carbocycles. The molecule has 2 heterocycles. The van der Waals surface area contributed by atoms with Gasteiger partial charge in [0.25, 0.3) is 0 Å². The Morgan fingerprint density at radius 2 is 1.86 bits per heavy atom. The van der Waals surface area contributed by atoms with E-state index in [0.29, 0.717) is 36.9 Å². The highest BCUT2D eigenvalue weighted by Gasteiger charge is 2.23. The van der Waals surface area contributed by atoms with Crippen molar-refractivity contribution >= 4 is 38.5 Å². The second-order valence-corrected chi connectivity index (χ2v) is 11.5. The van der Waals surface area contributed by atoms with Gasteiger partial charge in [-0.05, 0) is 55.2 Å². The Labute approximate surface area is 220 Å². The Kier molecular flexibility index (Phi) is 8.57. The Balaban J connectivity index is 1.33. The molecular formula is C26H30N4O5S2. The number of ether oxygens (including phenoxy) is 1. The molecule has 11 heteroatoms.